The maximum absolute atomic E-state index is 12.9. The fourth-order valence-electron chi connectivity index (χ4n) is 3.72. The van der Waals surface area contributed by atoms with Crippen molar-refractivity contribution in [1.82, 2.24) is 15.1 Å². The Morgan fingerprint density at radius 1 is 1.15 bits per heavy atom. The van der Waals surface area contributed by atoms with Gasteiger partial charge >= 0.3 is 0 Å². The first kappa shape index (κ1) is 18.6. The van der Waals surface area contributed by atoms with Crippen molar-refractivity contribution in [2.75, 3.05) is 13.1 Å². The van der Waals surface area contributed by atoms with Gasteiger partial charge in [-0.15, -0.1) is 10.2 Å². The summed E-state index contributed by atoms with van der Waals surface area (Å²) in [7, 11) is 0. The molecule has 0 aliphatic carbocycles. The van der Waals surface area contributed by atoms with Crippen LogP contribution in [0.2, 0.25) is 0 Å². The molecule has 0 N–H and O–H groups in total. The van der Waals surface area contributed by atoms with Crippen LogP contribution in [0, 0.1) is 19.8 Å². The number of rotatable bonds is 5. The molecule has 1 aromatic carbocycles. The number of piperidine rings is 1. The highest BCUT2D eigenvalue weighted by atomic mass is 16.4. The highest BCUT2D eigenvalue weighted by Crippen LogP contribution is 2.31. The number of aromatic nitrogens is 2. The van der Waals surface area contributed by atoms with Gasteiger partial charge in [0.05, 0.1) is 0 Å². The Hall–Kier alpha value is -2.17. The molecule has 0 radical (unpaired) electrons. The number of amides is 1. The van der Waals surface area contributed by atoms with E-state index >= 15 is 0 Å². The number of hydrogen-bond acceptors (Lipinski definition) is 4. The van der Waals surface area contributed by atoms with Crippen LogP contribution in [0.15, 0.2) is 28.7 Å². The van der Waals surface area contributed by atoms with E-state index < -0.39 is 0 Å². The monoisotopic (exact) mass is 355 g/mol. The molecule has 1 saturated heterocycles. The summed E-state index contributed by atoms with van der Waals surface area (Å²) in [6, 6.07) is 8.59. The number of carbonyl (C=O) groups excluding carboxylic acids is 1. The predicted octanol–water partition coefficient (Wildman–Crippen LogP) is 4.22. The third-order valence-corrected chi connectivity index (χ3v) is 5.44. The fourth-order valence-corrected chi connectivity index (χ4v) is 3.72. The molecule has 3 rings (SSSR count). The number of hydrogen-bond donors (Lipinski definition) is 0. The maximum Gasteiger partial charge on any atom is 0.223 e. The smallest absolute Gasteiger partial charge is 0.223 e. The van der Waals surface area contributed by atoms with Crippen LogP contribution in [-0.4, -0.2) is 34.1 Å². The maximum atomic E-state index is 12.9. The van der Waals surface area contributed by atoms with Gasteiger partial charge in [0.2, 0.25) is 17.7 Å². The van der Waals surface area contributed by atoms with Crippen molar-refractivity contribution in [3.05, 3.63) is 47.2 Å². The Kier molecular flexibility index (Phi) is 5.74. The van der Waals surface area contributed by atoms with Gasteiger partial charge in [-0.1, -0.05) is 43.7 Å². The molecule has 1 unspecified atom stereocenters. The molecular weight excluding hydrogens is 326 g/mol. The van der Waals surface area contributed by atoms with Gasteiger partial charge in [0, 0.05) is 32.4 Å². The number of aryl methyl sites for hydroxylation is 2. The minimum absolute atomic E-state index is 0.254. The lowest BCUT2D eigenvalue weighted by Crippen LogP contribution is -2.38. The normalized spacial score (nSPS) is 16.9. The first-order valence-electron chi connectivity index (χ1n) is 9.58. The van der Waals surface area contributed by atoms with Gasteiger partial charge in [0.1, 0.15) is 0 Å². The largest absolute Gasteiger partial charge is 0.425 e. The van der Waals surface area contributed by atoms with Gasteiger partial charge in [0.25, 0.3) is 0 Å². The second kappa shape index (κ2) is 8.02. The molecule has 5 heteroatoms. The summed E-state index contributed by atoms with van der Waals surface area (Å²) in [6.07, 6.45) is 2.36. The van der Waals surface area contributed by atoms with Crippen LogP contribution in [0.1, 0.15) is 67.9 Å². The van der Waals surface area contributed by atoms with Gasteiger partial charge < -0.3 is 9.32 Å². The Morgan fingerprint density at radius 2 is 1.81 bits per heavy atom. The van der Waals surface area contributed by atoms with E-state index in [0.717, 1.165) is 25.9 Å². The SMILES string of the molecule is Cc1ccc(C(CC(=O)N2CCC(c3nnc(C)o3)CC2)C(C)C)cc1. The summed E-state index contributed by atoms with van der Waals surface area (Å²) in [5.74, 6) is 2.55. The Bertz CT molecular complexity index is 728. The zero-order chi connectivity index (χ0) is 18.7. The Morgan fingerprint density at radius 3 is 2.35 bits per heavy atom. The summed E-state index contributed by atoms with van der Waals surface area (Å²) in [5.41, 5.74) is 2.51. The van der Waals surface area contributed by atoms with E-state index in [2.05, 4.69) is 55.2 Å². The van der Waals surface area contributed by atoms with E-state index in [1.165, 1.54) is 11.1 Å². The molecule has 26 heavy (non-hydrogen) atoms. The van der Waals surface area contributed by atoms with Crippen LogP contribution in [0.4, 0.5) is 0 Å². The summed E-state index contributed by atoms with van der Waals surface area (Å²) in [5, 5.41) is 8.05. The third kappa shape index (κ3) is 4.32. The molecule has 1 atom stereocenters. The second-order valence-corrected chi connectivity index (χ2v) is 7.78. The highest BCUT2D eigenvalue weighted by molar-refractivity contribution is 5.77. The van der Waals surface area contributed by atoms with E-state index in [1.807, 2.05) is 11.8 Å². The summed E-state index contributed by atoms with van der Waals surface area (Å²) >= 11 is 0. The molecule has 0 saturated carbocycles. The zero-order valence-corrected chi connectivity index (χ0v) is 16.2. The summed E-state index contributed by atoms with van der Waals surface area (Å²) in [6.45, 7) is 9.83. The van der Waals surface area contributed by atoms with Crippen LogP contribution >= 0.6 is 0 Å². The van der Waals surface area contributed by atoms with E-state index in [9.17, 15) is 4.79 Å². The van der Waals surface area contributed by atoms with Crippen molar-refractivity contribution in [3.63, 3.8) is 0 Å². The van der Waals surface area contributed by atoms with Crippen molar-refractivity contribution in [1.29, 1.82) is 0 Å². The Balaban J connectivity index is 1.59. The van der Waals surface area contributed by atoms with Gasteiger partial charge in [-0.25, -0.2) is 0 Å². The third-order valence-electron chi connectivity index (χ3n) is 5.44. The highest BCUT2D eigenvalue weighted by Gasteiger charge is 2.29. The average molecular weight is 355 g/mol. The van der Waals surface area contributed by atoms with E-state index in [0.29, 0.717) is 24.1 Å². The van der Waals surface area contributed by atoms with Crippen molar-refractivity contribution in [2.45, 2.75) is 58.8 Å². The van der Waals surface area contributed by atoms with Crippen molar-refractivity contribution in [3.8, 4) is 0 Å². The molecule has 0 spiro atoms. The summed E-state index contributed by atoms with van der Waals surface area (Å²) in [4.78, 5) is 14.9. The molecule has 2 aromatic rings. The number of nitrogens with zero attached hydrogens (tertiary/aromatic N) is 3. The minimum atomic E-state index is 0.254. The molecule has 1 aliphatic rings. The molecule has 1 aliphatic heterocycles. The van der Waals surface area contributed by atoms with E-state index in [-0.39, 0.29) is 17.7 Å². The predicted molar refractivity (Wildman–Crippen MR) is 101 cm³/mol. The van der Waals surface area contributed by atoms with E-state index in [1.54, 1.807) is 0 Å². The quantitative estimate of drug-likeness (QED) is 0.805. The topological polar surface area (TPSA) is 59.2 Å². The van der Waals surface area contributed by atoms with Gasteiger partial charge in [-0.05, 0) is 37.2 Å². The standard InChI is InChI=1S/C21H29N3O2/c1-14(2)19(17-7-5-15(3)6-8-17)13-20(25)24-11-9-18(10-12-24)21-23-22-16(4)26-21/h5-8,14,18-19H,9-13H2,1-4H3. The van der Waals surface area contributed by atoms with Crippen LogP contribution in [-0.2, 0) is 4.79 Å². The Labute approximate surface area is 155 Å². The number of likely N-dealkylation sites (tertiary alicyclic amines) is 1. The lowest BCUT2D eigenvalue weighted by Gasteiger charge is -2.32. The molecule has 2 heterocycles. The van der Waals surface area contributed by atoms with Crippen molar-refractivity contribution >= 4 is 5.91 Å². The van der Waals surface area contributed by atoms with Crippen LogP contribution < -0.4 is 0 Å². The molecule has 140 valence electrons. The van der Waals surface area contributed by atoms with Crippen molar-refractivity contribution in [2.24, 2.45) is 5.92 Å². The van der Waals surface area contributed by atoms with Gasteiger partial charge in [-0.3, -0.25) is 4.79 Å². The van der Waals surface area contributed by atoms with Gasteiger partial charge in [-0.2, -0.15) is 0 Å². The average Bonchev–Trinajstić information content (AvgIpc) is 3.07. The van der Waals surface area contributed by atoms with Crippen LogP contribution in [0.3, 0.4) is 0 Å². The minimum Gasteiger partial charge on any atom is -0.425 e. The van der Waals surface area contributed by atoms with Crippen molar-refractivity contribution < 1.29 is 9.21 Å². The van der Waals surface area contributed by atoms with Gasteiger partial charge in [0.15, 0.2) is 0 Å². The molecular formula is C21H29N3O2. The summed E-state index contributed by atoms with van der Waals surface area (Å²) < 4.78 is 5.56. The molecule has 1 aromatic heterocycles. The fraction of sp³-hybridized carbons (Fsp3) is 0.571. The zero-order valence-electron chi connectivity index (χ0n) is 16.2. The molecule has 1 amide bonds. The molecule has 0 bridgehead atoms. The molecule has 1 fully saturated rings. The number of carbonyl (C=O) groups is 1. The lowest BCUT2D eigenvalue weighted by molar-refractivity contribution is -0.133. The second-order valence-electron chi connectivity index (χ2n) is 7.78. The van der Waals surface area contributed by atoms with Crippen LogP contribution in [0.5, 0.6) is 0 Å². The first-order chi connectivity index (χ1) is 12.4. The lowest BCUT2D eigenvalue weighted by atomic mass is 9.84. The molecule has 5 nitrogen and oxygen atoms in total. The first-order valence-corrected chi connectivity index (χ1v) is 9.58. The van der Waals surface area contributed by atoms with Crippen LogP contribution in [0.25, 0.3) is 0 Å². The number of benzene rings is 1. The van der Waals surface area contributed by atoms with E-state index in [4.69, 9.17) is 4.42 Å².